The van der Waals surface area contributed by atoms with Gasteiger partial charge in [0.15, 0.2) is 17.9 Å². The van der Waals surface area contributed by atoms with Crippen LogP contribution in [0.25, 0.3) is 11.3 Å². The fraction of sp³-hybridized carbons (Fsp3) is 0.143. The average Bonchev–Trinajstić information content (AvgIpc) is 2.57. The van der Waals surface area contributed by atoms with Crippen LogP contribution in [0.15, 0.2) is 35.6 Å². The third-order valence-electron chi connectivity index (χ3n) is 2.44. The number of benzene rings is 1. The van der Waals surface area contributed by atoms with Crippen molar-refractivity contribution < 1.29 is 19.0 Å². The number of nitrogens with zero attached hydrogens (tertiary/aromatic N) is 3. The molecular formula is C14H15FN4O3. The molecule has 2 rings (SSSR count). The lowest BCUT2D eigenvalue weighted by Gasteiger charge is -2.07. The summed E-state index contributed by atoms with van der Waals surface area (Å²) in [6, 6.07) is 4.10. The number of ether oxygens (including phenoxy) is 1. The number of carbonyl (C=O) groups excluding carboxylic acids is 1. The maximum atomic E-state index is 13.1. The smallest absolute Gasteiger partial charge is 0.184 e. The van der Waals surface area contributed by atoms with E-state index in [1.165, 1.54) is 31.6 Å². The Morgan fingerprint density at radius 2 is 2.09 bits per heavy atom. The molecule has 0 aliphatic carbocycles. The highest BCUT2D eigenvalue weighted by Crippen LogP contribution is 2.29. The Labute approximate surface area is 126 Å². The summed E-state index contributed by atoms with van der Waals surface area (Å²) in [5.41, 5.74) is 6.36. The summed E-state index contributed by atoms with van der Waals surface area (Å²) in [5, 5.41) is 7.00. The number of aromatic nitrogens is 2. The quantitative estimate of drug-likeness (QED) is 0.497. The van der Waals surface area contributed by atoms with Crippen LogP contribution in [0.2, 0.25) is 0 Å². The fourth-order valence-corrected chi connectivity index (χ4v) is 1.55. The molecule has 0 saturated heterocycles. The van der Waals surface area contributed by atoms with E-state index in [1.807, 2.05) is 0 Å². The molecule has 3 N–H and O–H groups in total. The van der Waals surface area contributed by atoms with E-state index in [-0.39, 0.29) is 11.7 Å². The van der Waals surface area contributed by atoms with Crippen molar-refractivity contribution >= 4 is 17.9 Å². The minimum atomic E-state index is -0.404. The normalized spacial score (nSPS) is 10.5. The molecule has 22 heavy (non-hydrogen) atoms. The van der Waals surface area contributed by atoms with E-state index in [0.717, 1.165) is 7.11 Å². The molecule has 0 amide bonds. The van der Waals surface area contributed by atoms with Crippen molar-refractivity contribution in [1.29, 1.82) is 0 Å². The largest absolute Gasteiger partial charge is 0.496 e. The van der Waals surface area contributed by atoms with Crippen LogP contribution in [0.5, 0.6) is 5.75 Å². The second kappa shape index (κ2) is 8.42. The van der Waals surface area contributed by atoms with Crippen LogP contribution in [0.4, 0.5) is 10.2 Å². The van der Waals surface area contributed by atoms with Crippen molar-refractivity contribution in [2.45, 2.75) is 0 Å². The summed E-state index contributed by atoms with van der Waals surface area (Å²) < 4.78 is 18.2. The predicted molar refractivity (Wildman–Crippen MR) is 79.5 cm³/mol. The van der Waals surface area contributed by atoms with Crippen molar-refractivity contribution in [1.82, 2.24) is 9.97 Å². The van der Waals surface area contributed by atoms with Gasteiger partial charge in [-0.2, -0.15) is 0 Å². The number of carbonyl (C=O) groups is 1. The number of methoxy groups -OCH3 is 1. The molecule has 0 unspecified atom stereocenters. The Morgan fingerprint density at radius 3 is 2.64 bits per heavy atom. The fourth-order valence-electron chi connectivity index (χ4n) is 1.55. The summed E-state index contributed by atoms with van der Waals surface area (Å²) in [6.45, 7) is 0. The Kier molecular flexibility index (Phi) is 6.58. The number of hydrogen-bond acceptors (Lipinski definition) is 6. The van der Waals surface area contributed by atoms with Crippen molar-refractivity contribution in [3.8, 4) is 17.0 Å². The standard InChI is InChI=1S/C13H11FN4O2.CH4O/c1-20-11-4-8(14)2-3-9(11)10-5-17-13(6-16-10)18-12(15)7-19;1-2/h2-7H,1H3,(H2,15,17,18);2H,1H3. The number of aliphatic hydroxyl groups excluding tert-OH is 1. The highest BCUT2D eigenvalue weighted by Gasteiger charge is 2.09. The molecule has 0 fully saturated rings. The summed E-state index contributed by atoms with van der Waals surface area (Å²) >= 11 is 0. The van der Waals surface area contributed by atoms with E-state index < -0.39 is 5.82 Å². The van der Waals surface area contributed by atoms with Crippen molar-refractivity contribution in [2.24, 2.45) is 10.7 Å². The molecule has 0 aliphatic rings. The Balaban J connectivity index is 0.00000116. The number of halogens is 1. The molecule has 2 aromatic rings. The molecule has 0 aliphatic heterocycles. The highest BCUT2D eigenvalue weighted by atomic mass is 19.1. The zero-order chi connectivity index (χ0) is 16.5. The Bertz CT molecular complexity index is 660. The first-order valence-electron chi connectivity index (χ1n) is 6.04. The topological polar surface area (TPSA) is 111 Å². The number of hydrogen-bond donors (Lipinski definition) is 2. The van der Waals surface area contributed by atoms with Crippen molar-refractivity contribution in [3.63, 3.8) is 0 Å². The van der Waals surface area contributed by atoms with Gasteiger partial charge in [-0.3, -0.25) is 9.78 Å². The SMILES string of the molecule is CO.COc1cc(F)ccc1-c1cnc(N=C(N)C=O)cn1. The molecular weight excluding hydrogens is 291 g/mol. The zero-order valence-corrected chi connectivity index (χ0v) is 12.0. The molecule has 0 bridgehead atoms. The first kappa shape index (κ1) is 17.2. The lowest BCUT2D eigenvalue weighted by Crippen LogP contribution is -2.11. The lowest BCUT2D eigenvalue weighted by molar-refractivity contribution is -0.102. The second-order valence-electron chi connectivity index (χ2n) is 3.76. The van der Waals surface area contributed by atoms with Gasteiger partial charge in [0.25, 0.3) is 0 Å². The van der Waals surface area contributed by atoms with E-state index in [9.17, 15) is 9.18 Å². The van der Waals surface area contributed by atoms with E-state index >= 15 is 0 Å². The Hall–Kier alpha value is -2.87. The minimum Gasteiger partial charge on any atom is -0.496 e. The molecule has 0 radical (unpaired) electrons. The van der Waals surface area contributed by atoms with Gasteiger partial charge in [-0.05, 0) is 12.1 Å². The third kappa shape index (κ3) is 4.32. The summed E-state index contributed by atoms with van der Waals surface area (Å²) in [6.07, 6.45) is 3.21. The highest BCUT2D eigenvalue weighted by molar-refractivity contribution is 6.26. The summed E-state index contributed by atoms with van der Waals surface area (Å²) in [4.78, 5) is 22.2. The number of amidine groups is 1. The van der Waals surface area contributed by atoms with Gasteiger partial charge in [-0.25, -0.2) is 14.4 Å². The van der Waals surface area contributed by atoms with Crippen LogP contribution in [0.1, 0.15) is 0 Å². The second-order valence-corrected chi connectivity index (χ2v) is 3.76. The number of aliphatic hydroxyl groups is 1. The van der Waals surface area contributed by atoms with E-state index in [4.69, 9.17) is 15.6 Å². The van der Waals surface area contributed by atoms with Gasteiger partial charge >= 0.3 is 0 Å². The molecule has 0 saturated carbocycles. The molecule has 7 nitrogen and oxygen atoms in total. The average molecular weight is 306 g/mol. The third-order valence-corrected chi connectivity index (χ3v) is 2.44. The number of nitrogens with two attached hydrogens (primary N) is 1. The first-order chi connectivity index (χ1) is 10.6. The van der Waals surface area contributed by atoms with Gasteiger partial charge in [0.2, 0.25) is 0 Å². The van der Waals surface area contributed by atoms with Crippen molar-refractivity contribution in [3.05, 3.63) is 36.4 Å². The Morgan fingerprint density at radius 1 is 1.36 bits per heavy atom. The van der Waals surface area contributed by atoms with Crippen molar-refractivity contribution in [2.75, 3.05) is 14.2 Å². The van der Waals surface area contributed by atoms with Crippen LogP contribution in [0, 0.1) is 5.82 Å². The molecule has 0 spiro atoms. The zero-order valence-electron chi connectivity index (χ0n) is 12.0. The van der Waals surface area contributed by atoms with Gasteiger partial charge in [0.1, 0.15) is 11.6 Å². The van der Waals surface area contributed by atoms with Crippen LogP contribution >= 0.6 is 0 Å². The summed E-state index contributed by atoms with van der Waals surface area (Å²) in [7, 11) is 2.44. The van der Waals surface area contributed by atoms with E-state index in [2.05, 4.69) is 15.0 Å². The van der Waals surface area contributed by atoms with E-state index in [1.54, 1.807) is 6.07 Å². The van der Waals surface area contributed by atoms with Crippen LogP contribution in [0.3, 0.4) is 0 Å². The van der Waals surface area contributed by atoms with Gasteiger partial charge in [-0.1, -0.05) is 0 Å². The predicted octanol–water partition coefficient (Wildman–Crippen LogP) is 1.09. The molecule has 1 aromatic heterocycles. The monoisotopic (exact) mass is 306 g/mol. The van der Waals surface area contributed by atoms with Crippen LogP contribution in [-0.2, 0) is 4.79 Å². The van der Waals surface area contributed by atoms with Crippen LogP contribution < -0.4 is 10.5 Å². The number of aldehydes is 1. The van der Waals surface area contributed by atoms with Gasteiger partial charge in [-0.15, -0.1) is 0 Å². The molecule has 0 atom stereocenters. The maximum Gasteiger partial charge on any atom is 0.184 e. The summed E-state index contributed by atoms with van der Waals surface area (Å²) in [5.74, 6) is -0.0349. The maximum absolute atomic E-state index is 13.1. The molecule has 116 valence electrons. The molecule has 1 aromatic carbocycles. The van der Waals surface area contributed by atoms with Gasteiger partial charge in [0, 0.05) is 18.7 Å². The minimum absolute atomic E-state index is 0.189. The van der Waals surface area contributed by atoms with Crippen LogP contribution in [-0.4, -0.2) is 41.4 Å². The van der Waals surface area contributed by atoms with Gasteiger partial charge in [0.05, 0.1) is 25.2 Å². The number of rotatable bonds is 4. The lowest BCUT2D eigenvalue weighted by atomic mass is 10.1. The molecule has 8 heteroatoms. The first-order valence-corrected chi connectivity index (χ1v) is 6.04. The number of aliphatic imine (C=N–C) groups is 1. The molecule has 1 heterocycles. The van der Waals surface area contributed by atoms with Gasteiger partial charge < -0.3 is 15.6 Å². The van der Waals surface area contributed by atoms with E-state index in [0.29, 0.717) is 23.3 Å².